The molecule has 7 heteroatoms. The van der Waals surface area contributed by atoms with Gasteiger partial charge in [-0.05, 0) is 31.3 Å². The third kappa shape index (κ3) is 3.58. The second kappa shape index (κ2) is 7.02. The number of rotatable bonds is 5. The normalized spacial score (nSPS) is 17.0. The molecule has 2 aromatic rings. The lowest BCUT2D eigenvalue weighted by atomic mass is 10.0. The molecular weight excluding hydrogens is 306 g/mol. The van der Waals surface area contributed by atoms with Crippen LogP contribution in [0.3, 0.4) is 0 Å². The number of piperazine rings is 1. The zero-order valence-electron chi connectivity index (χ0n) is 13.8. The number of nitrogens with zero attached hydrogens (tertiary/aromatic N) is 4. The van der Waals surface area contributed by atoms with Crippen molar-refractivity contribution in [2.75, 3.05) is 38.1 Å². The molecule has 2 heterocycles. The molecule has 3 rings (SSSR count). The van der Waals surface area contributed by atoms with Crippen LogP contribution >= 0.6 is 0 Å². The van der Waals surface area contributed by atoms with Gasteiger partial charge in [-0.3, -0.25) is 10.1 Å². The molecule has 128 valence electrons. The molecule has 0 amide bonds. The van der Waals surface area contributed by atoms with Crippen LogP contribution < -0.4 is 10.6 Å². The van der Waals surface area contributed by atoms with Gasteiger partial charge in [-0.1, -0.05) is 0 Å². The van der Waals surface area contributed by atoms with E-state index in [9.17, 15) is 10.1 Å². The van der Waals surface area contributed by atoms with Crippen molar-refractivity contribution < 1.29 is 4.92 Å². The Balaban J connectivity index is 1.87. The van der Waals surface area contributed by atoms with Crippen molar-refractivity contribution in [3.8, 4) is 0 Å². The van der Waals surface area contributed by atoms with E-state index in [1.165, 1.54) is 0 Å². The van der Waals surface area contributed by atoms with E-state index in [2.05, 4.69) is 16.8 Å². The molecule has 1 aromatic carbocycles. The van der Waals surface area contributed by atoms with Crippen molar-refractivity contribution >= 4 is 11.4 Å². The molecule has 2 N–H and O–H groups in total. The van der Waals surface area contributed by atoms with Crippen LogP contribution in [0.15, 0.2) is 42.7 Å². The summed E-state index contributed by atoms with van der Waals surface area (Å²) in [5.41, 5.74) is 7.98. The van der Waals surface area contributed by atoms with Crippen molar-refractivity contribution in [2.24, 2.45) is 5.73 Å². The van der Waals surface area contributed by atoms with Gasteiger partial charge in [0.15, 0.2) is 0 Å². The number of nitro groups is 1. The molecule has 0 spiro atoms. The predicted molar refractivity (Wildman–Crippen MR) is 94.2 cm³/mol. The quantitative estimate of drug-likeness (QED) is 0.669. The van der Waals surface area contributed by atoms with Gasteiger partial charge in [0, 0.05) is 56.9 Å². The minimum absolute atomic E-state index is 0.0903. The summed E-state index contributed by atoms with van der Waals surface area (Å²) in [5.74, 6) is 0. The number of benzene rings is 1. The van der Waals surface area contributed by atoms with E-state index in [0.29, 0.717) is 12.1 Å². The zero-order valence-corrected chi connectivity index (χ0v) is 13.8. The van der Waals surface area contributed by atoms with Crippen molar-refractivity contribution in [3.05, 3.63) is 58.4 Å². The predicted octanol–water partition coefficient (Wildman–Crippen LogP) is 1.85. The van der Waals surface area contributed by atoms with E-state index in [1.54, 1.807) is 6.07 Å². The molecule has 0 aliphatic carbocycles. The average molecular weight is 329 g/mol. The Bertz CT molecular complexity index is 693. The Morgan fingerprint density at radius 2 is 1.88 bits per heavy atom. The van der Waals surface area contributed by atoms with Gasteiger partial charge < -0.3 is 20.1 Å². The molecule has 1 unspecified atom stereocenters. The number of hydrogen-bond donors (Lipinski definition) is 1. The summed E-state index contributed by atoms with van der Waals surface area (Å²) < 4.78 is 1.94. The van der Waals surface area contributed by atoms with Crippen molar-refractivity contribution in [1.29, 1.82) is 0 Å². The van der Waals surface area contributed by atoms with Crippen molar-refractivity contribution in [2.45, 2.75) is 12.6 Å². The van der Waals surface area contributed by atoms with E-state index in [1.807, 2.05) is 41.2 Å². The lowest BCUT2D eigenvalue weighted by molar-refractivity contribution is -0.385. The van der Waals surface area contributed by atoms with Crippen LogP contribution in [0, 0.1) is 10.1 Å². The molecule has 0 radical (unpaired) electrons. The molecule has 0 bridgehead atoms. The molecule has 1 saturated heterocycles. The number of anilines is 1. The van der Waals surface area contributed by atoms with E-state index >= 15 is 0 Å². The number of nitrogens with two attached hydrogens (primary N) is 1. The van der Waals surface area contributed by atoms with Crippen LogP contribution in [0.2, 0.25) is 0 Å². The lowest BCUT2D eigenvalue weighted by Crippen LogP contribution is -2.44. The molecule has 0 saturated carbocycles. The van der Waals surface area contributed by atoms with Gasteiger partial charge in [0.05, 0.1) is 16.5 Å². The maximum Gasteiger partial charge on any atom is 0.274 e. The first-order valence-electron chi connectivity index (χ1n) is 8.13. The van der Waals surface area contributed by atoms with Crippen molar-refractivity contribution in [1.82, 2.24) is 9.47 Å². The number of likely N-dealkylation sites (N-methyl/N-ethyl adjacent to an activating group) is 1. The van der Waals surface area contributed by atoms with E-state index in [4.69, 9.17) is 5.73 Å². The molecule has 7 nitrogen and oxygen atoms in total. The van der Waals surface area contributed by atoms with Crippen LogP contribution in [0.25, 0.3) is 0 Å². The molecule has 1 atom stereocenters. The fourth-order valence-corrected chi connectivity index (χ4v) is 3.08. The smallest absolute Gasteiger partial charge is 0.274 e. The summed E-state index contributed by atoms with van der Waals surface area (Å²) in [5, 5.41) is 11.4. The third-order valence-corrected chi connectivity index (χ3v) is 4.55. The molecule has 24 heavy (non-hydrogen) atoms. The van der Waals surface area contributed by atoms with Gasteiger partial charge in [-0.2, -0.15) is 0 Å². The highest BCUT2D eigenvalue weighted by atomic mass is 16.6. The summed E-state index contributed by atoms with van der Waals surface area (Å²) in [6.07, 6.45) is 3.83. The standard InChI is InChI=1S/C17H23N5O2/c1-19-8-10-21(11-9-19)14-4-5-17(22(23)24)15(12-14)16(18)13-20-6-2-3-7-20/h2-7,12,16H,8-11,13,18H2,1H3. The van der Waals surface area contributed by atoms with Gasteiger partial charge in [-0.15, -0.1) is 0 Å². The maximum atomic E-state index is 11.4. The molecular formula is C17H23N5O2. The van der Waals surface area contributed by atoms with Crippen LogP contribution in [0.5, 0.6) is 0 Å². The molecule has 1 aliphatic heterocycles. The SMILES string of the molecule is CN1CCN(c2ccc([N+](=O)[O-])c(C(N)Cn3cccc3)c2)CC1. The summed E-state index contributed by atoms with van der Waals surface area (Å²) >= 11 is 0. The molecule has 1 aromatic heterocycles. The second-order valence-electron chi connectivity index (χ2n) is 6.28. The zero-order chi connectivity index (χ0) is 17.1. The summed E-state index contributed by atoms with van der Waals surface area (Å²) in [7, 11) is 2.10. The molecule has 1 fully saturated rings. The highest BCUT2D eigenvalue weighted by Crippen LogP contribution is 2.30. The maximum absolute atomic E-state index is 11.4. The van der Waals surface area contributed by atoms with Crippen LogP contribution in [0.1, 0.15) is 11.6 Å². The fraction of sp³-hybridized carbons (Fsp3) is 0.412. The minimum atomic E-state index is -0.426. The van der Waals surface area contributed by atoms with E-state index < -0.39 is 6.04 Å². The highest BCUT2D eigenvalue weighted by molar-refractivity contribution is 5.57. The van der Waals surface area contributed by atoms with Gasteiger partial charge in [0.2, 0.25) is 0 Å². The minimum Gasteiger partial charge on any atom is -0.369 e. The number of hydrogen-bond acceptors (Lipinski definition) is 5. The number of aromatic nitrogens is 1. The summed E-state index contributed by atoms with van der Waals surface area (Å²) in [4.78, 5) is 15.6. The van der Waals surface area contributed by atoms with Gasteiger partial charge in [0.25, 0.3) is 5.69 Å². The van der Waals surface area contributed by atoms with Gasteiger partial charge >= 0.3 is 0 Å². The molecule has 1 aliphatic rings. The van der Waals surface area contributed by atoms with E-state index in [-0.39, 0.29) is 10.6 Å². The first-order valence-corrected chi connectivity index (χ1v) is 8.13. The van der Waals surface area contributed by atoms with Gasteiger partial charge in [0.1, 0.15) is 0 Å². The average Bonchev–Trinajstić information content (AvgIpc) is 3.08. The Hall–Kier alpha value is -2.38. The monoisotopic (exact) mass is 329 g/mol. The first kappa shape index (κ1) is 16.5. The van der Waals surface area contributed by atoms with Gasteiger partial charge in [-0.25, -0.2) is 0 Å². The summed E-state index contributed by atoms with van der Waals surface area (Å²) in [6, 6.07) is 8.71. The topological polar surface area (TPSA) is 80.6 Å². The Morgan fingerprint density at radius 3 is 2.50 bits per heavy atom. The largest absolute Gasteiger partial charge is 0.369 e. The van der Waals surface area contributed by atoms with Crippen LogP contribution in [-0.2, 0) is 6.54 Å². The Labute approximate surface area is 141 Å². The summed E-state index contributed by atoms with van der Waals surface area (Å²) in [6.45, 7) is 4.32. The van der Waals surface area contributed by atoms with Crippen molar-refractivity contribution in [3.63, 3.8) is 0 Å². The Morgan fingerprint density at radius 1 is 1.21 bits per heavy atom. The van der Waals surface area contributed by atoms with E-state index in [0.717, 1.165) is 31.9 Å². The lowest BCUT2D eigenvalue weighted by Gasteiger charge is -2.34. The third-order valence-electron chi connectivity index (χ3n) is 4.55. The Kier molecular flexibility index (Phi) is 4.82. The second-order valence-corrected chi connectivity index (χ2v) is 6.28. The van der Waals surface area contributed by atoms with Crippen LogP contribution in [0.4, 0.5) is 11.4 Å². The first-order chi connectivity index (χ1) is 11.5. The highest BCUT2D eigenvalue weighted by Gasteiger charge is 2.22. The van der Waals surface area contributed by atoms with Crippen LogP contribution in [-0.4, -0.2) is 47.6 Å². The fourth-order valence-electron chi connectivity index (χ4n) is 3.08. The number of nitro benzene ring substituents is 1.